The molecule has 82 valence electrons. The van der Waals surface area contributed by atoms with E-state index in [-0.39, 0.29) is 17.8 Å². The van der Waals surface area contributed by atoms with E-state index in [9.17, 15) is 9.18 Å². The second-order valence-electron chi connectivity index (χ2n) is 3.40. The molecule has 0 heterocycles. The van der Waals surface area contributed by atoms with Gasteiger partial charge in [0.2, 0.25) is 5.91 Å². The van der Waals surface area contributed by atoms with Crippen LogP contribution < -0.4 is 5.32 Å². The molecule has 1 unspecified atom stereocenters. The number of hydrogen-bond donors (Lipinski definition) is 1. The highest BCUT2D eigenvalue weighted by Gasteiger charge is 2.13. The Labute approximate surface area is 93.4 Å². The topological polar surface area (TPSA) is 29.1 Å². The molecule has 1 N–H and O–H groups in total. The van der Waals surface area contributed by atoms with Crippen molar-refractivity contribution in [1.29, 1.82) is 0 Å². The van der Waals surface area contributed by atoms with Gasteiger partial charge in [-0.3, -0.25) is 4.79 Å². The molecular formula is C11H13ClFNO. The summed E-state index contributed by atoms with van der Waals surface area (Å²) in [4.78, 5) is 11.3. The van der Waals surface area contributed by atoms with Gasteiger partial charge in [0.25, 0.3) is 0 Å². The van der Waals surface area contributed by atoms with E-state index in [1.807, 2.05) is 0 Å². The van der Waals surface area contributed by atoms with Gasteiger partial charge in [0.1, 0.15) is 11.2 Å². The first-order chi connectivity index (χ1) is 7.00. The van der Waals surface area contributed by atoms with Crippen LogP contribution in [0.4, 0.5) is 4.39 Å². The SMILES string of the molecule is CC(Cl)C(=O)N[C@H](C)c1cccc(F)c1. The first-order valence-electron chi connectivity index (χ1n) is 4.70. The molecule has 0 spiro atoms. The van der Waals surface area contributed by atoms with Crippen molar-refractivity contribution < 1.29 is 9.18 Å². The summed E-state index contributed by atoms with van der Waals surface area (Å²) in [6.07, 6.45) is 0. The average molecular weight is 230 g/mol. The molecule has 0 aliphatic carbocycles. The van der Waals surface area contributed by atoms with Crippen LogP contribution in [-0.2, 0) is 4.79 Å². The molecule has 1 rings (SSSR count). The van der Waals surface area contributed by atoms with E-state index in [0.29, 0.717) is 0 Å². The van der Waals surface area contributed by atoms with Crippen molar-refractivity contribution in [3.8, 4) is 0 Å². The van der Waals surface area contributed by atoms with Crippen molar-refractivity contribution in [3.63, 3.8) is 0 Å². The Kier molecular flexibility index (Phi) is 4.09. The van der Waals surface area contributed by atoms with Gasteiger partial charge in [-0.1, -0.05) is 12.1 Å². The van der Waals surface area contributed by atoms with Gasteiger partial charge in [0.15, 0.2) is 0 Å². The van der Waals surface area contributed by atoms with E-state index in [0.717, 1.165) is 5.56 Å². The number of alkyl halides is 1. The zero-order valence-corrected chi connectivity index (χ0v) is 9.38. The van der Waals surface area contributed by atoms with Gasteiger partial charge < -0.3 is 5.32 Å². The first kappa shape index (κ1) is 12.0. The molecule has 0 aromatic heterocycles. The average Bonchev–Trinajstić information content (AvgIpc) is 2.17. The quantitative estimate of drug-likeness (QED) is 0.794. The third-order valence-corrected chi connectivity index (χ3v) is 2.27. The molecule has 2 nitrogen and oxygen atoms in total. The minimum Gasteiger partial charge on any atom is -0.348 e. The fourth-order valence-electron chi connectivity index (χ4n) is 1.19. The van der Waals surface area contributed by atoms with Crippen molar-refractivity contribution in [2.45, 2.75) is 25.3 Å². The van der Waals surface area contributed by atoms with Crippen LogP contribution in [-0.4, -0.2) is 11.3 Å². The molecule has 0 fully saturated rings. The Bertz CT molecular complexity index is 354. The number of nitrogens with one attached hydrogen (secondary N) is 1. The molecule has 15 heavy (non-hydrogen) atoms. The van der Waals surface area contributed by atoms with E-state index in [2.05, 4.69) is 5.32 Å². The van der Waals surface area contributed by atoms with E-state index in [1.165, 1.54) is 12.1 Å². The fraction of sp³-hybridized carbons (Fsp3) is 0.364. The maximum absolute atomic E-state index is 12.9. The number of carbonyl (C=O) groups excluding carboxylic acids is 1. The molecule has 2 atom stereocenters. The molecule has 1 aromatic carbocycles. The van der Waals surface area contributed by atoms with Crippen LogP contribution in [0, 0.1) is 5.82 Å². The third kappa shape index (κ3) is 3.51. The number of carbonyl (C=O) groups is 1. The summed E-state index contributed by atoms with van der Waals surface area (Å²) in [6.45, 7) is 3.38. The van der Waals surface area contributed by atoms with Gasteiger partial charge >= 0.3 is 0 Å². The van der Waals surface area contributed by atoms with Crippen LogP contribution in [0.1, 0.15) is 25.5 Å². The van der Waals surface area contributed by atoms with Crippen molar-refractivity contribution in [2.24, 2.45) is 0 Å². The summed E-state index contributed by atoms with van der Waals surface area (Å²) < 4.78 is 12.9. The van der Waals surface area contributed by atoms with Crippen LogP contribution in [0.15, 0.2) is 24.3 Å². The summed E-state index contributed by atoms with van der Waals surface area (Å²) in [7, 11) is 0. The molecule has 0 saturated heterocycles. The van der Waals surface area contributed by atoms with Crippen molar-refractivity contribution in [1.82, 2.24) is 5.32 Å². The molecule has 0 bridgehead atoms. The number of benzene rings is 1. The Morgan fingerprint density at radius 2 is 2.13 bits per heavy atom. The highest BCUT2D eigenvalue weighted by Crippen LogP contribution is 2.13. The summed E-state index contributed by atoms with van der Waals surface area (Å²) in [5.41, 5.74) is 0.723. The lowest BCUT2D eigenvalue weighted by molar-refractivity contribution is -0.121. The van der Waals surface area contributed by atoms with Crippen molar-refractivity contribution in [2.75, 3.05) is 0 Å². The summed E-state index contributed by atoms with van der Waals surface area (Å²) >= 11 is 5.60. The van der Waals surface area contributed by atoms with Crippen LogP contribution in [0.5, 0.6) is 0 Å². The zero-order valence-electron chi connectivity index (χ0n) is 8.63. The summed E-state index contributed by atoms with van der Waals surface area (Å²) in [6, 6.07) is 5.88. The van der Waals surface area contributed by atoms with Gasteiger partial charge in [0, 0.05) is 0 Å². The lowest BCUT2D eigenvalue weighted by Gasteiger charge is -2.15. The lowest BCUT2D eigenvalue weighted by Crippen LogP contribution is -2.31. The van der Waals surface area contributed by atoms with Gasteiger partial charge in [-0.05, 0) is 31.5 Å². The predicted octanol–water partition coefficient (Wildman–Crippen LogP) is 2.63. The molecule has 0 aliphatic rings. The van der Waals surface area contributed by atoms with Gasteiger partial charge in [-0.15, -0.1) is 11.6 Å². The molecule has 4 heteroatoms. The number of rotatable bonds is 3. The predicted molar refractivity (Wildman–Crippen MR) is 58.3 cm³/mol. The highest BCUT2D eigenvalue weighted by atomic mass is 35.5. The molecular weight excluding hydrogens is 217 g/mol. The van der Waals surface area contributed by atoms with Gasteiger partial charge in [0.05, 0.1) is 6.04 Å². The smallest absolute Gasteiger partial charge is 0.238 e. The largest absolute Gasteiger partial charge is 0.348 e. The molecule has 1 aromatic rings. The lowest BCUT2D eigenvalue weighted by atomic mass is 10.1. The highest BCUT2D eigenvalue weighted by molar-refractivity contribution is 6.30. The second kappa shape index (κ2) is 5.12. The Balaban J connectivity index is 2.69. The van der Waals surface area contributed by atoms with E-state index in [1.54, 1.807) is 26.0 Å². The standard InChI is InChI=1S/C11H13ClFNO/c1-7(12)11(15)14-8(2)9-4-3-5-10(13)6-9/h3-8H,1-2H3,(H,14,15)/t7?,8-/m1/s1. The first-order valence-corrected chi connectivity index (χ1v) is 5.14. The molecule has 1 amide bonds. The van der Waals surface area contributed by atoms with Gasteiger partial charge in [-0.2, -0.15) is 0 Å². The van der Waals surface area contributed by atoms with E-state index >= 15 is 0 Å². The summed E-state index contributed by atoms with van der Waals surface area (Å²) in [5.74, 6) is -0.569. The normalized spacial score (nSPS) is 14.4. The monoisotopic (exact) mass is 229 g/mol. The van der Waals surface area contributed by atoms with Gasteiger partial charge in [-0.25, -0.2) is 4.39 Å². The Morgan fingerprint density at radius 3 is 2.67 bits per heavy atom. The Morgan fingerprint density at radius 1 is 1.47 bits per heavy atom. The van der Waals surface area contributed by atoms with Crippen LogP contribution >= 0.6 is 11.6 Å². The maximum atomic E-state index is 12.9. The zero-order chi connectivity index (χ0) is 11.4. The van der Waals surface area contributed by atoms with E-state index in [4.69, 9.17) is 11.6 Å². The maximum Gasteiger partial charge on any atom is 0.238 e. The minimum absolute atomic E-state index is 0.241. The molecule has 0 radical (unpaired) electrons. The fourth-order valence-corrected chi connectivity index (χ4v) is 1.25. The number of hydrogen-bond acceptors (Lipinski definition) is 1. The minimum atomic E-state index is -0.582. The number of halogens is 2. The second-order valence-corrected chi connectivity index (χ2v) is 4.06. The molecule has 0 saturated carbocycles. The van der Waals surface area contributed by atoms with Crippen LogP contribution in [0.2, 0.25) is 0 Å². The molecule has 0 aliphatic heterocycles. The summed E-state index contributed by atoms with van der Waals surface area (Å²) in [5, 5.41) is 2.10. The van der Waals surface area contributed by atoms with E-state index < -0.39 is 5.38 Å². The van der Waals surface area contributed by atoms with Crippen LogP contribution in [0.25, 0.3) is 0 Å². The van der Waals surface area contributed by atoms with Crippen molar-refractivity contribution in [3.05, 3.63) is 35.6 Å². The Hall–Kier alpha value is -1.09. The van der Waals surface area contributed by atoms with Crippen molar-refractivity contribution >= 4 is 17.5 Å². The third-order valence-electron chi connectivity index (χ3n) is 2.07. The van der Waals surface area contributed by atoms with Crippen LogP contribution in [0.3, 0.4) is 0 Å². The number of amides is 1.